The van der Waals surface area contributed by atoms with Crippen molar-refractivity contribution in [2.24, 2.45) is 5.10 Å². The molecule has 4 heteroatoms. The van der Waals surface area contributed by atoms with E-state index in [9.17, 15) is 9.90 Å². The van der Waals surface area contributed by atoms with Gasteiger partial charge in [0.2, 0.25) is 0 Å². The standard InChI is InChI=1S/C26H28N2O2/c1-4-10-24(21-13-6-5-7-14-21)27-28-25(29)26(30,22-15-8-11-19(2)17-22)23-16-9-12-20(3)18-23/h5-9,11-18,30H,4,10H2,1-3H3,(H,28,29). The monoisotopic (exact) mass is 400 g/mol. The predicted octanol–water partition coefficient (Wildman–Crippen LogP) is 4.86. The first-order chi connectivity index (χ1) is 14.4. The molecule has 0 saturated heterocycles. The highest BCUT2D eigenvalue weighted by molar-refractivity contribution is 6.01. The third-order valence-corrected chi connectivity index (χ3v) is 5.09. The number of aliphatic hydroxyl groups is 1. The van der Waals surface area contributed by atoms with Crippen LogP contribution in [0, 0.1) is 13.8 Å². The van der Waals surface area contributed by atoms with E-state index >= 15 is 0 Å². The van der Waals surface area contributed by atoms with Crippen LogP contribution >= 0.6 is 0 Å². The Morgan fingerprint density at radius 3 is 1.97 bits per heavy atom. The third-order valence-electron chi connectivity index (χ3n) is 5.09. The van der Waals surface area contributed by atoms with Gasteiger partial charge in [0.05, 0.1) is 5.71 Å². The summed E-state index contributed by atoms with van der Waals surface area (Å²) in [4.78, 5) is 13.4. The molecule has 0 aromatic heterocycles. The van der Waals surface area contributed by atoms with Gasteiger partial charge in [0.25, 0.3) is 5.91 Å². The Balaban J connectivity index is 2.02. The minimum Gasteiger partial charge on any atom is -0.372 e. The van der Waals surface area contributed by atoms with Crippen molar-refractivity contribution in [2.75, 3.05) is 0 Å². The lowest BCUT2D eigenvalue weighted by Gasteiger charge is -2.28. The average Bonchev–Trinajstić information content (AvgIpc) is 2.76. The van der Waals surface area contributed by atoms with Gasteiger partial charge in [0, 0.05) is 0 Å². The molecule has 0 spiro atoms. The fourth-order valence-electron chi connectivity index (χ4n) is 3.50. The lowest BCUT2D eigenvalue weighted by Crippen LogP contribution is -2.44. The maximum Gasteiger partial charge on any atom is 0.281 e. The highest BCUT2D eigenvalue weighted by atomic mass is 16.3. The molecular formula is C26H28N2O2. The summed E-state index contributed by atoms with van der Waals surface area (Å²) in [5.74, 6) is -0.580. The topological polar surface area (TPSA) is 61.7 Å². The largest absolute Gasteiger partial charge is 0.372 e. The number of carbonyl (C=O) groups excluding carboxylic acids is 1. The first-order valence-corrected chi connectivity index (χ1v) is 10.2. The summed E-state index contributed by atoms with van der Waals surface area (Å²) in [6, 6.07) is 24.5. The third kappa shape index (κ3) is 4.66. The lowest BCUT2D eigenvalue weighted by atomic mass is 9.84. The van der Waals surface area contributed by atoms with Crippen LogP contribution in [-0.4, -0.2) is 16.7 Å². The second-order valence-corrected chi connectivity index (χ2v) is 7.56. The molecule has 0 heterocycles. The highest BCUT2D eigenvalue weighted by Crippen LogP contribution is 2.31. The van der Waals surface area contributed by atoms with Gasteiger partial charge in [-0.25, -0.2) is 5.43 Å². The maximum atomic E-state index is 13.4. The highest BCUT2D eigenvalue weighted by Gasteiger charge is 2.40. The number of hydrogen-bond acceptors (Lipinski definition) is 3. The molecule has 0 bridgehead atoms. The van der Waals surface area contributed by atoms with Gasteiger partial charge in [-0.15, -0.1) is 0 Å². The summed E-state index contributed by atoms with van der Waals surface area (Å²) in [6.45, 7) is 5.94. The molecule has 0 aliphatic rings. The molecule has 0 aliphatic heterocycles. The van der Waals surface area contributed by atoms with Crippen molar-refractivity contribution in [1.82, 2.24) is 5.43 Å². The zero-order valence-corrected chi connectivity index (χ0v) is 17.7. The quantitative estimate of drug-likeness (QED) is 0.439. The number of benzene rings is 3. The number of amides is 1. The van der Waals surface area contributed by atoms with Gasteiger partial charge in [-0.05, 0) is 37.0 Å². The summed E-state index contributed by atoms with van der Waals surface area (Å²) in [6.07, 6.45) is 1.61. The summed E-state index contributed by atoms with van der Waals surface area (Å²) in [5.41, 5.74) is 5.47. The van der Waals surface area contributed by atoms with Crippen LogP contribution in [0.5, 0.6) is 0 Å². The van der Waals surface area contributed by atoms with Gasteiger partial charge < -0.3 is 5.11 Å². The summed E-state index contributed by atoms with van der Waals surface area (Å²) >= 11 is 0. The van der Waals surface area contributed by atoms with E-state index in [-0.39, 0.29) is 0 Å². The van der Waals surface area contributed by atoms with E-state index in [4.69, 9.17) is 0 Å². The zero-order chi connectivity index (χ0) is 21.6. The van der Waals surface area contributed by atoms with Crippen LogP contribution in [0.1, 0.15) is 47.6 Å². The fourth-order valence-corrected chi connectivity index (χ4v) is 3.50. The van der Waals surface area contributed by atoms with E-state index < -0.39 is 11.5 Å². The summed E-state index contributed by atoms with van der Waals surface area (Å²) < 4.78 is 0. The van der Waals surface area contributed by atoms with Crippen molar-refractivity contribution < 1.29 is 9.90 Å². The Morgan fingerprint density at radius 1 is 0.900 bits per heavy atom. The van der Waals surface area contributed by atoms with Crippen LogP contribution in [0.4, 0.5) is 0 Å². The van der Waals surface area contributed by atoms with Gasteiger partial charge in [-0.1, -0.05) is 103 Å². The molecule has 1 amide bonds. The van der Waals surface area contributed by atoms with Crippen LogP contribution in [0.2, 0.25) is 0 Å². The summed E-state index contributed by atoms with van der Waals surface area (Å²) in [5, 5.41) is 16.1. The van der Waals surface area contributed by atoms with Crippen molar-refractivity contribution in [1.29, 1.82) is 0 Å². The van der Waals surface area contributed by atoms with E-state index in [1.54, 1.807) is 12.1 Å². The number of hydrazone groups is 1. The fraction of sp³-hybridized carbons (Fsp3) is 0.231. The second-order valence-electron chi connectivity index (χ2n) is 7.56. The second kappa shape index (κ2) is 9.51. The van der Waals surface area contributed by atoms with E-state index in [0.29, 0.717) is 11.1 Å². The molecule has 0 atom stereocenters. The molecular weight excluding hydrogens is 372 g/mol. The molecule has 0 fully saturated rings. The van der Waals surface area contributed by atoms with Crippen molar-refractivity contribution in [2.45, 2.75) is 39.2 Å². The molecule has 154 valence electrons. The number of nitrogens with one attached hydrogen (secondary N) is 1. The van der Waals surface area contributed by atoms with Crippen LogP contribution in [0.3, 0.4) is 0 Å². The smallest absolute Gasteiger partial charge is 0.281 e. The van der Waals surface area contributed by atoms with Crippen molar-refractivity contribution in [3.63, 3.8) is 0 Å². The normalized spacial score (nSPS) is 11.9. The van der Waals surface area contributed by atoms with E-state index in [2.05, 4.69) is 17.5 Å². The van der Waals surface area contributed by atoms with Gasteiger partial charge in [0.15, 0.2) is 5.60 Å². The van der Waals surface area contributed by atoms with E-state index in [1.807, 2.05) is 80.6 Å². The number of hydrogen-bond donors (Lipinski definition) is 2. The van der Waals surface area contributed by atoms with Crippen molar-refractivity contribution in [3.05, 3.63) is 107 Å². The Bertz CT molecular complexity index is 996. The predicted molar refractivity (Wildman–Crippen MR) is 121 cm³/mol. The number of carbonyl (C=O) groups is 1. The van der Waals surface area contributed by atoms with Gasteiger partial charge >= 0.3 is 0 Å². The average molecular weight is 401 g/mol. The first-order valence-electron chi connectivity index (χ1n) is 10.2. The number of rotatable bonds is 7. The van der Waals surface area contributed by atoms with Gasteiger partial charge in [0.1, 0.15) is 0 Å². The molecule has 0 radical (unpaired) electrons. The maximum absolute atomic E-state index is 13.4. The van der Waals surface area contributed by atoms with Crippen molar-refractivity contribution >= 4 is 11.6 Å². The molecule has 4 nitrogen and oxygen atoms in total. The minimum atomic E-state index is -1.85. The van der Waals surface area contributed by atoms with E-state index in [0.717, 1.165) is 35.2 Å². The Hall–Kier alpha value is -3.24. The molecule has 0 unspecified atom stereocenters. The number of nitrogens with zero attached hydrogens (tertiary/aromatic N) is 1. The molecule has 3 aromatic carbocycles. The van der Waals surface area contributed by atoms with Gasteiger partial charge in [-0.2, -0.15) is 5.10 Å². The SMILES string of the molecule is CCCC(=NNC(=O)C(O)(c1cccc(C)c1)c1cccc(C)c1)c1ccccc1. The first kappa shape index (κ1) is 21.5. The van der Waals surface area contributed by atoms with E-state index in [1.165, 1.54) is 0 Å². The summed E-state index contributed by atoms with van der Waals surface area (Å²) in [7, 11) is 0. The van der Waals surface area contributed by atoms with Crippen LogP contribution < -0.4 is 5.43 Å². The Labute approximate surface area is 178 Å². The molecule has 2 N–H and O–H groups in total. The molecule has 0 aliphatic carbocycles. The molecule has 30 heavy (non-hydrogen) atoms. The van der Waals surface area contributed by atoms with Crippen LogP contribution in [0.25, 0.3) is 0 Å². The Kier molecular flexibility index (Phi) is 6.80. The van der Waals surface area contributed by atoms with Gasteiger partial charge in [-0.3, -0.25) is 4.79 Å². The minimum absolute atomic E-state index is 0.512. The van der Waals surface area contributed by atoms with Crippen LogP contribution in [0.15, 0.2) is 84.0 Å². The molecule has 0 saturated carbocycles. The molecule has 3 rings (SSSR count). The molecule has 3 aromatic rings. The Morgan fingerprint density at radius 2 is 1.47 bits per heavy atom. The van der Waals surface area contributed by atoms with Crippen LogP contribution in [-0.2, 0) is 10.4 Å². The zero-order valence-electron chi connectivity index (χ0n) is 17.7. The lowest BCUT2D eigenvalue weighted by molar-refractivity contribution is -0.136. The van der Waals surface area contributed by atoms with Crippen molar-refractivity contribution in [3.8, 4) is 0 Å². The number of aryl methyl sites for hydroxylation is 2.